The molecule has 0 amide bonds. The molecule has 0 radical (unpaired) electrons. The Labute approximate surface area is 234 Å². The third-order valence-electron chi connectivity index (χ3n) is 7.93. The Kier molecular flexibility index (Phi) is 10.5. The van der Waals surface area contributed by atoms with E-state index in [0.717, 1.165) is 62.4 Å². The Morgan fingerprint density at radius 3 is 2.38 bits per heavy atom. The second-order valence-electron chi connectivity index (χ2n) is 11.0. The van der Waals surface area contributed by atoms with Crippen LogP contribution in [0, 0.1) is 0 Å². The molecule has 0 spiro atoms. The maximum absolute atomic E-state index is 9.91. The van der Waals surface area contributed by atoms with Crippen molar-refractivity contribution in [1.29, 1.82) is 0 Å². The fourth-order valence-electron chi connectivity index (χ4n) is 5.73. The molecule has 0 fully saturated rings. The van der Waals surface area contributed by atoms with E-state index in [-0.39, 0.29) is 6.04 Å². The SMILES string of the molecule is CCCCCNCCc1ccc(CC(C)Nc2cc(OC)c(OC)cc2C2CCc3cc(O)ccc3C2)cc1. The summed E-state index contributed by atoms with van der Waals surface area (Å²) in [5.41, 5.74) is 7.66. The van der Waals surface area contributed by atoms with E-state index in [4.69, 9.17) is 9.47 Å². The molecule has 0 saturated carbocycles. The van der Waals surface area contributed by atoms with E-state index in [2.05, 4.69) is 66.9 Å². The first-order valence-corrected chi connectivity index (χ1v) is 14.6. The number of rotatable bonds is 14. The number of methoxy groups -OCH3 is 2. The molecule has 1 aliphatic rings. The second kappa shape index (κ2) is 14.3. The molecule has 5 nitrogen and oxygen atoms in total. The Hall–Kier alpha value is -3.18. The monoisotopic (exact) mass is 530 g/mol. The van der Waals surface area contributed by atoms with Crippen LogP contribution >= 0.6 is 0 Å². The van der Waals surface area contributed by atoms with Crippen LogP contribution in [0.3, 0.4) is 0 Å². The molecule has 210 valence electrons. The summed E-state index contributed by atoms with van der Waals surface area (Å²) in [6.45, 7) is 6.64. The maximum atomic E-state index is 9.91. The molecule has 2 atom stereocenters. The average molecular weight is 531 g/mol. The highest BCUT2D eigenvalue weighted by Gasteiger charge is 2.25. The van der Waals surface area contributed by atoms with Gasteiger partial charge in [0.05, 0.1) is 14.2 Å². The summed E-state index contributed by atoms with van der Waals surface area (Å²) in [4.78, 5) is 0. The minimum absolute atomic E-state index is 0.251. The number of phenolic OH excluding ortho intramolecular Hbond substituents is 1. The van der Waals surface area contributed by atoms with Crippen LogP contribution in [0.25, 0.3) is 0 Å². The lowest BCUT2D eigenvalue weighted by atomic mass is 9.79. The van der Waals surface area contributed by atoms with Gasteiger partial charge in [0.15, 0.2) is 11.5 Å². The molecule has 0 aromatic heterocycles. The van der Waals surface area contributed by atoms with Crippen molar-refractivity contribution in [1.82, 2.24) is 5.32 Å². The summed E-state index contributed by atoms with van der Waals surface area (Å²) in [6.07, 6.45) is 8.78. The molecule has 4 rings (SSSR count). The molecule has 3 aromatic carbocycles. The Bertz CT molecular complexity index is 1190. The molecule has 39 heavy (non-hydrogen) atoms. The normalized spacial score (nSPS) is 15.4. The first-order valence-electron chi connectivity index (χ1n) is 14.6. The highest BCUT2D eigenvalue weighted by molar-refractivity contribution is 5.63. The van der Waals surface area contributed by atoms with Crippen molar-refractivity contribution < 1.29 is 14.6 Å². The quantitative estimate of drug-likeness (QED) is 0.195. The molecule has 0 saturated heterocycles. The van der Waals surface area contributed by atoms with Gasteiger partial charge in [0.1, 0.15) is 5.75 Å². The number of nitrogens with one attached hydrogen (secondary N) is 2. The van der Waals surface area contributed by atoms with Crippen LogP contribution < -0.4 is 20.1 Å². The molecule has 3 aromatic rings. The smallest absolute Gasteiger partial charge is 0.162 e. The first-order chi connectivity index (χ1) is 19.0. The Morgan fingerprint density at radius 2 is 1.64 bits per heavy atom. The largest absolute Gasteiger partial charge is 0.508 e. The van der Waals surface area contributed by atoms with Crippen molar-refractivity contribution in [3.8, 4) is 17.2 Å². The fraction of sp³-hybridized carbons (Fsp3) is 0.471. The molecule has 5 heteroatoms. The number of ether oxygens (including phenoxy) is 2. The molecule has 0 heterocycles. The van der Waals surface area contributed by atoms with Gasteiger partial charge in [0.2, 0.25) is 0 Å². The number of hydrogen-bond acceptors (Lipinski definition) is 5. The number of unbranched alkanes of at least 4 members (excludes halogenated alkanes) is 2. The van der Waals surface area contributed by atoms with E-state index in [1.54, 1.807) is 20.3 Å². The summed E-state index contributed by atoms with van der Waals surface area (Å²) in [5.74, 6) is 2.22. The molecule has 1 aliphatic carbocycles. The van der Waals surface area contributed by atoms with Crippen LogP contribution in [-0.4, -0.2) is 38.5 Å². The number of benzene rings is 3. The lowest BCUT2D eigenvalue weighted by Gasteiger charge is -2.29. The summed E-state index contributed by atoms with van der Waals surface area (Å²) >= 11 is 0. The Morgan fingerprint density at radius 1 is 0.897 bits per heavy atom. The van der Waals surface area contributed by atoms with Gasteiger partial charge in [-0.25, -0.2) is 0 Å². The molecular formula is C34H46N2O3. The van der Waals surface area contributed by atoms with Crippen molar-refractivity contribution >= 4 is 5.69 Å². The number of hydrogen-bond donors (Lipinski definition) is 3. The van der Waals surface area contributed by atoms with Gasteiger partial charge in [-0.1, -0.05) is 50.1 Å². The zero-order valence-electron chi connectivity index (χ0n) is 24.2. The maximum Gasteiger partial charge on any atom is 0.162 e. The van der Waals surface area contributed by atoms with Crippen LogP contribution in [0.4, 0.5) is 5.69 Å². The number of aryl methyl sites for hydroxylation is 1. The van der Waals surface area contributed by atoms with E-state index < -0.39 is 0 Å². The van der Waals surface area contributed by atoms with E-state index in [0.29, 0.717) is 11.7 Å². The van der Waals surface area contributed by atoms with Crippen LogP contribution in [0.15, 0.2) is 54.6 Å². The summed E-state index contributed by atoms with van der Waals surface area (Å²) in [6, 6.07) is 19.4. The fourth-order valence-corrected chi connectivity index (χ4v) is 5.73. The highest BCUT2D eigenvalue weighted by Crippen LogP contribution is 2.42. The zero-order valence-corrected chi connectivity index (χ0v) is 24.2. The highest BCUT2D eigenvalue weighted by atomic mass is 16.5. The standard InChI is InChI=1S/C34H46N2O3/c1-5-6-7-17-35-18-16-25-8-10-26(11-9-25)19-24(2)36-32-23-34(39-4)33(38-3)22-31(32)29-13-12-28-21-30(37)15-14-27(28)20-29/h8-11,14-15,21-24,29,35-37H,5-7,12-13,16-20H2,1-4H3. The number of aromatic hydroxyl groups is 1. The van der Waals surface area contributed by atoms with Gasteiger partial charge in [-0.15, -0.1) is 0 Å². The van der Waals surface area contributed by atoms with Gasteiger partial charge in [-0.05, 0) is 110 Å². The lowest BCUT2D eigenvalue weighted by Crippen LogP contribution is -2.21. The van der Waals surface area contributed by atoms with Crippen molar-refractivity contribution in [3.05, 3.63) is 82.4 Å². The third kappa shape index (κ3) is 7.92. The zero-order chi connectivity index (χ0) is 27.6. The minimum atomic E-state index is 0.251. The van der Waals surface area contributed by atoms with E-state index in [9.17, 15) is 5.11 Å². The van der Waals surface area contributed by atoms with Crippen LogP contribution in [0.2, 0.25) is 0 Å². The van der Waals surface area contributed by atoms with Crippen molar-refractivity contribution in [2.45, 2.75) is 77.2 Å². The lowest BCUT2D eigenvalue weighted by molar-refractivity contribution is 0.354. The Balaban J connectivity index is 1.42. The van der Waals surface area contributed by atoms with Crippen molar-refractivity contribution in [2.24, 2.45) is 0 Å². The van der Waals surface area contributed by atoms with Gasteiger partial charge >= 0.3 is 0 Å². The number of anilines is 1. The van der Waals surface area contributed by atoms with Crippen molar-refractivity contribution in [3.63, 3.8) is 0 Å². The van der Waals surface area contributed by atoms with E-state index >= 15 is 0 Å². The number of phenols is 1. The van der Waals surface area contributed by atoms with Gasteiger partial charge in [0, 0.05) is 17.8 Å². The average Bonchev–Trinajstić information content (AvgIpc) is 2.95. The van der Waals surface area contributed by atoms with Crippen LogP contribution in [0.5, 0.6) is 17.2 Å². The topological polar surface area (TPSA) is 62.8 Å². The van der Waals surface area contributed by atoms with E-state index in [1.165, 1.54) is 47.1 Å². The van der Waals surface area contributed by atoms with E-state index in [1.807, 2.05) is 6.07 Å². The molecule has 2 unspecified atom stereocenters. The molecule has 3 N–H and O–H groups in total. The predicted octanol–water partition coefficient (Wildman–Crippen LogP) is 7.05. The first kappa shape index (κ1) is 28.8. The van der Waals surface area contributed by atoms with Gasteiger partial charge in [-0.2, -0.15) is 0 Å². The minimum Gasteiger partial charge on any atom is -0.508 e. The van der Waals surface area contributed by atoms with Crippen LogP contribution in [0.1, 0.15) is 73.3 Å². The summed E-state index contributed by atoms with van der Waals surface area (Å²) < 4.78 is 11.3. The van der Waals surface area contributed by atoms with Gasteiger partial charge in [-0.3, -0.25) is 0 Å². The van der Waals surface area contributed by atoms with Crippen LogP contribution in [-0.2, 0) is 25.7 Å². The van der Waals surface area contributed by atoms with Gasteiger partial charge in [0.25, 0.3) is 0 Å². The molecule has 0 aliphatic heterocycles. The molecule has 0 bridgehead atoms. The molecular weight excluding hydrogens is 484 g/mol. The second-order valence-corrected chi connectivity index (χ2v) is 11.0. The summed E-state index contributed by atoms with van der Waals surface area (Å²) in [7, 11) is 3.39. The number of fused-ring (bicyclic) bond motifs is 1. The summed E-state index contributed by atoms with van der Waals surface area (Å²) in [5, 5.41) is 17.3. The van der Waals surface area contributed by atoms with Crippen molar-refractivity contribution in [2.75, 3.05) is 32.6 Å². The third-order valence-corrected chi connectivity index (χ3v) is 7.93. The van der Waals surface area contributed by atoms with Gasteiger partial charge < -0.3 is 25.2 Å². The predicted molar refractivity (Wildman–Crippen MR) is 162 cm³/mol.